The van der Waals surface area contributed by atoms with Crippen molar-refractivity contribution in [2.24, 2.45) is 29.1 Å². The number of hydrogen-bond donors (Lipinski definition) is 0. The Morgan fingerprint density at radius 3 is 1.80 bits per heavy atom. The van der Waals surface area contributed by atoms with Crippen LogP contribution in [0, 0.1) is 29.1 Å². The Balaban J connectivity index is 3.19. The standard InChI is InChI=1S/C21H38O4/c1-7-11-24-19(22)21(20(23)25-12-8-2)10-9-17(13-15(3)4)18(21)14-16(5)6/h15-18H,7-14H2,1-6H3. The molecule has 0 heterocycles. The molecule has 0 N–H and O–H groups in total. The molecule has 4 heteroatoms. The second kappa shape index (κ2) is 10.2. The van der Waals surface area contributed by atoms with E-state index in [2.05, 4.69) is 27.7 Å². The van der Waals surface area contributed by atoms with Crippen LogP contribution in [0.4, 0.5) is 0 Å². The first-order valence-corrected chi connectivity index (χ1v) is 10.1. The van der Waals surface area contributed by atoms with E-state index in [0.29, 0.717) is 37.4 Å². The maximum Gasteiger partial charge on any atom is 0.323 e. The van der Waals surface area contributed by atoms with Crippen LogP contribution in [-0.4, -0.2) is 25.2 Å². The van der Waals surface area contributed by atoms with Crippen LogP contribution in [0.2, 0.25) is 0 Å². The first-order chi connectivity index (χ1) is 11.8. The first-order valence-electron chi connectivity index (χ1n) is 10.1. The summed E-state index contributed by atoms with van der Waals surface area (Å²) in [7, 11) is 0. The molecule has 0 aromatic carbocycles. The van der Waals surface area contributed by atoms with Gasteiger partial charge in [0.05, 0.1) is 13.2 Å². The van der Waals surface area contributed by atoms with Gasteiger partial charge in [-0.25, -0.2) is 0 Å². The summed E-state index contributed by atoms with van der Waals surface area (Å²) < 4.78 is 11.0. The normalized spacial score (nSPS) is 22.4. The summed E-state index contributed by atoms with van der Waals surface area (Å²) in [6.07, 6.45) is 4.89. The predicted octanol–water partition coefficient (Wildman–Crippen LogP) is 5.00. The zero-order valence-electron chi connectivity index (χ0n) is 17.1. The van der Waals surface area contributed by atoms with Crippen LogP contribution >= 0.6 is 0 Å². The molecule has 0 radical (unpaired) electrons. The fourth-order valence-corrected chi connectivity index (χ4v) is 4.23. The second-order valence-electron chi connectivity index (χ2n) is 8.41. The van der Waals surface area contributed by atoms with Gasteiger partial charge in [0.1, 0.15) is 0 Å². The Bertz CT molecular complexity index is 408. The minimum atomic E-state index is -1.10. The van der Waals surface area contributed by atoms with Crippen LogP contribution in [0.25, 0.3) is 0 Å². The Morgan fingerprint density at radius 1 is 0.920 bits per heavy atom. The van der Waals surface area contributed by atoms with Crippen molar-refractivity contribution < 1.29 is 19.1 Å². The van der Waals surface area contributed by atoms with Gasteiger partial charge in [0, 0.05) is 0 Å². The minimum absolute atomic E-state index is 0.0172. The monoisotopic (exact) mass is 354 g/mol. The van der Waals surface area contributed by atoms with Crippen LogP contribution in [0.3, 0.4) is 0 Å². The third-order valence-electron chi connectivity index (χ3n) is 5.21. The van der Waals surface area contributed by atoms with Crippen molar-refractivity contribution in [1.29, 1.82) is 0 Å². The Hall–Kier alpha value is -1.06. The number of rotatable bonds is 10. The third kappa shape index (κ3) is 5.46. The highest BCUT2D eigenvalue weighted by molar-refractivity contribution is 6.01. The van der Waals surface area contributed by atoms with Gasteiger partial charge in [-0.05, 0) is 62.2 Å². The van der Waals surface area contributed by atoms with Gasteiger partial charge >= 0.3 is 11.9 Å². The molecule has 0 saturated heterocycles. The SMILES string of the molecule is CCCOC(=O)C1(C(=O)OCCC)CCC(CC(C)C)C1CC(C)C. The van der Waals surface area contributed by atoms with E-state index in [-0.39, 0.29) is 17.9 Å². The lowest BCUT2D eigenvalue weighted by atomic mass is 9.70. The van der Waals surface area contributed by atoms with Gasteiger partial charge in [0.15, 0.2) is 5.41 Å². The summed E-state index contributed by atoms with van der Waals surface area (Å²) in [5.74, 6) is 0.665. The van der Waals surface area contributed by atoms with Gasteiger partial charge < -0.3 is 9.47 Å². The summed E-state index contributed by atoms with van der Waals surface area (Å²) in [4.78, 5) is 26.1. The lowest BCUT2D eigenvalue weighted by molar-refractivity contribution is -0.177. The molecule has 2 unspecified atom stereocenters. The van der Waals surface area contributed by atoms with Crippen LogP contribution in [0.15, 0.2) is 0 Å². The average molecular weight is 355 g/mol. The van der Waals surface area contributed by atoms with E-state index in [9.17, 15) is 9.59 Å². The van der Waals surface area contributed by atoms with Crippen molar-refractivity contribution in [2.75, 3.05) is 13.2 Å². The number of ether oxygens (including phenoxy) is 2. The molecule has 4 nitrogen and oxygen atoms in total. The van der Waals surface area contributed by atoms with Gasteiger partial charge in [0.2, 0.25) is 0 Å². The van der Waals surface area contributed by atoms with Gasteiger partial charge in [-0.1, -0.05) is 41.5 Å². The number of carbonyl (C=O) groups excluding carboxylic acids is 2. The zero-order valence-corrected chi connectivity index (χ0v) is 17.1. The number of hydrogen-bond acceptors (Lipinski definition) is 4. The second-order valence-corrected chi connectivity index (χ2v) is 8.41. The van der Waals surface area contributed by atoms with E-state index < -0.39 is 5.41 Å². The van der Waals surface area contributed by atoms with Crippen molar-refractivity contribution >= 4 is 11.9 Å². The molecule has 0 amide bonds. The lowest BCUT2D eigenvalue weighted by Crippen LogP contribution is -2.46. The molecule has 1 fully saturated rings. The largest absolute Gasteiger partial charge is 0.465 e. The molecule has 1 aliphatic carbocycles. The zero-order chi connectivity index (χ0) is 19.0. The van der Waals surface area contributed by atoms with Crippen LogP contribution in [0.5, 0.6) is 0 Å². The average Bonchev–Trinajstić information content (AvgIpc) is 2.88. The first kappa shape index (κ1) is 22.0. The van der Waals surface area contributed by atoms with Gasteiger partial charge in [-0.3, -0.25) is 9.59 Å². The van der Waals surface area contributed by atoms with Gasteiger partial charge in [-0.2, -0.15) is 0 Å². The highest BCUT2D eigenvalue weighted by Gasteiger charge is 2.60. The maximum atomic E-state index is 13.0. The van der Waals surface area contributed by atoms with E-state index in [1.54, 1.807) is 0 Å². The molecule has 25 heavy (non-hydrogen) atoms. The fourth-order valence-electron chi connectivity index (χ4n) is 4.23. The Kier molecular flexibility index (Phi) is 8.95. The molecule has 0 bridgehead atoms. The third-order valence-corrected chi connectivity index (χ3v) is 5.21. The predicted molar refractivity (Wildman–Crippen MR) is 100 cm³/mol. The van der Waals surface area contributed by atoms with E-state index in [4.69, 9.17) is 9.47 Å². The molecule has 0 aliphatic heterocycles. The molecule has 2 atom stereocenters. The van der Waals surface area contributed by atoms with Crippen LogP contribution in [0.1, 0.15) is 80.1 Å². The summed E-state index contributed by atoms with van der Waals surface area (Å²) in [6.45, 7) is 13.4. The van der Waals surface area contributed by atoms with E-state index >= 15 is 0 Å². The summed E-state index contributed by atoms with van der Waals surface area (Å²) in [5, 5.41) is 0. The van der Waals surface area contributed by atoms with Crippen molar-refractivity contribution in [2.45, 2.75) is 80.1 Å². The van der Waals surface area contributed by atoms with Gasteiger partial charge in [-0.15, -0.1) is 0 Å². The van der Waals surface area contributed by atoms with Crippen molar-refractivity contribution in [3.63, 3.8) is 0 Å². The lowest BCUT2D eigenvalue weighted by Gasteiger charge is -2.35. The van der Waals surface area contributed by atoms with Crippen molar-refractivity contribution in [1.82, 2.24) is 0 Å². The van der Waals surface area contributed by atoms with Crippen LogP contribution in [-0.2, 0) is 19.1 Å². The van der Waals surface area contributed by atoms with Crippen molar-refractivity contribution in [3.05, 3.63) is 0 Å². The molecule has 0 spiro atoms. The Labute approximate surface area is 154 Å². The van der Waals surface area contributed by atoms with E-state index in [0.717, 1.165) is 32.1 Å². The van der Waals surface area contributed by atoms with Crippen LogP contribution < -0.4 is 0 Å². The molecule has 0 aromatic heterocycles. The van der Waals surface area contributed by atoms with E-state index in [1.165, 1.54) is 0 Å². The minimum Gasteiger partial charge on any atom is -0.465 e. The summed E-state index contributed by atoms with van der Waals surface area (Å²) in [5.41, 5.74) is -1.10. The topological polar surface area (TPSA) is 52.6 Å². The highest BCUT2D eigenvalue weighted by atomic mass is 16.6. The Morgan fingerprint density at radius 2 is 1.40 bits per heavy atom. The smallest absolute Gasteiger partial charge is 0.323 e. The summed E-state index contributed by atoms with van der Waals surface area (Å²) >= 11 is 0. The van der Waals surface area contributed by atoms with Gasteiger partial charge in [0.25, 0.3) is 0 Å². The quantitative estimate of drug-likeness (QED) is 0.409. The molecule has 1 saturated carbocycles. The highest BCUT2D eigenvalue weighted by Crippen LogP contribution is 2.53. The molecular weight excluding hydrogens is 316 g/mol. The molecular formula is C21H38O4. The molecule has 1 aliphatic rings. The summed E-state index contributed by atoms with van der Waals surface area (Å²) in [6, 6.07) is 0. The fraction of sp³-hybridized carbons (Fsp3) is 0.905. The maximum absolute atomic E-state index is 13.0. The van der Waals surface area contributed by atoms with E-state index in [1.807, 2.05) is 13.8 Å². The number of carbonyl (C=O) groups is 2. The molecule has 1 rings (SSSR count). The molecule has 146 valence electrons. The van der Waals surface area contributed by atoms with Crippen molar-refractivity contribution in [3.8, 4) is 0 Å². The number of esters is 2. The molecule has 0 aromatic rings.